The Morgan fingerprint density at radius 1 is 1.60 bits per heavy atom. The molecule has 5 nitrogen and oxygen atoms in total. The summed E-state index contributed by atoms with van der Waals surface area (Å²) in [6.45, 7) is 0.454. The molecule has 5 heteroatoms. The molecule has 2 N–H and O–H groups in total. The van der Waals surface area contributed by atoms with Gasteiger partial charge in [-0.15, -0.1) is 0 Å². The molecule has 0 atom stereocenters. The molecule has 0 saturated heterocycles. The largest absolute Gasteiger partial charge is 0.359 e. The molecule has 51 valence electrons. The molecule has 0 spiro atoms. The zero-order valence-corrected chi connectivity index (χ0v) is 5.09. The van der Waals surface area contributed by atoms with E-state index in [0.717, 1.165) is 0 Å². The third-order valence-electron chi connectivity index (χ3n) is 1.32. The van der Waals surface area contributed by atoms with Gasteiger partial charge in [0.2, 0.25) is 0 Å². The fourth-order valence-corrected chi connectivity index (χ4v) is 0.863. The zero-order valence-electron chi connectivity index (χ0n) is 5.09. The third-order valence-corrected chi connectivity index (χ3v) is 1.32. The van der Waals surface area contributed by atoms with E-state index in [1.54, 1.807) is 0 Å². The first kappa shape index (κ1) is 5.28. The Bertz CT molecular complexity index is 305. The molecule has 2 rings (SSSR count). The van der Waals surface area contributed by atoms with Gasteiger partial charge in [-0.05, 0) is 0 Å². The normalized spacial score (nSPS) is 13.6. The van der Waals surface area contributed by atoms with Crippen LogP contribution in [0.4, 0.5) is 11.5 Å². The third kappa shape index (κ3) is 0.570. The smallest absolute Gasteiger partial charge is 0.276 e. The summed E-state index contributed by atoms with van der Waals surface area (Å²) >= 11 is 0. The van der Waals surface area contributed by atoms with Gasteiger partial charge in [0.1, 0.15) is 12.4 Å². The van der Waals surface area contributed by atoms with Crippen LogP contribution in [0.15, 0.2) is 11.1 Å². The second-order valence-electron chi connectivity index (χ2n) is 1.92. The highest BCUT2D eigenvalue weighted by atomic mass is 16.1. The molecule has 0 unspecified atom stereocenters. The molecule has 1 aromatic rings. The molecular weight excluding hydrogens is 132 g/mol. The molecule has 1 aliphatic heterocycles. The Labute approximate surface area is 56.5 Å². The number of nitrogens with one attached hydrogen (secondary N) is 2. The maximum absolute atomic E-state index is 10.9. The van der Waals surface area contributed by atoms with Gasteiger partial charge in [-0.25, -0.2) is 10.3 Å². The van der Waals surface area contributed by atoms with Crippen molar-refractivity contribution in [3.8, 4) is 0 Å². The topological polar surface area (TPSA) is 71.9 Å². The van der Waals surface area contributed by atoms with E-state index in [9.17, 15) is 4.79 Å². The number of fused-ring (bicyclic) bond motifs is 1. The van der Waals surface area contributed by atoms with Gasteiger partial charge < -0.3 is 10.3 Å². The number of H-pyrrole nitrogens is 1. The van der Waals surface area contributed by atoms with Crippen LogP contribution in [0.1, 0.15) is 0 Å². The molecule has 1 aliphatic rings. The molecule has 10 heavy (non-hydrogen) atoms. The average Bonchev–Trinajstić information content (AvgIpc) is 2.36. The molecule has 1 radical (unpaired) electrons. The van der Waals surface area contributed by atoms with Crippen LogP contribution in [-0.2, 0) is 0 Å². The van der Waals surface area contributed by atoms with Crippen LogP contribution in [0.2, 0.25) is 0 Å². The predicted octanol–water partition coefficient (Wildman–Crippen LogP) is -0.611. The van der Waals surface area contributed by atoms with Crippen molar-refractivity contribution >= 4 is 11.5 Å². The second-order valence-corrected chi connectivity index (χ2v) is 1.92. The van der Waals surface area contributed by atoms with Gasteiger partial charge in [0.15, 0.2) is 5.82 Å². The van der Waals surface area contributed by atoms with Gasteiger partial charge >= 0.3 is 0 Å². The summed E-state index contributed by atoms with van der Waals surface area (Å²) in [5.41, 5.74) is 0.314. The monoisotopic (exact) mass is 137 g/mol. The van der Waals surface area contributed by atoms with E-state index in [-0.39, 0.29) is 5.56 Å². The van der Waals surface area contributed by atoms with E-state index in [1.807, 2.05) is 0 Å². The first-order chi connectivity index (χ1) is 4.88. The van der Waals surface area contributed by atoms with Crippen LogP contribution in [-0.4, -0.2) is 16.6 Å². The summed E-state index contributed by atoms with van der Waals surface area (Å²) in [6.07, 6.45) is 1.34. The van der Waals surface area contributed by atoms with Crippen molar-refractivity contribution in [2.45, 2.75) is 0 Å². The summed E-state index contributed by atoms with van der Waals surface area (Å²) in [7, 11) is 0. The maximum Gasteiger partial charge on any atom is 0.276 e. The lowest BCUT2D eigenvalue weighted by molar-refractivity contribution is 0.948. The SMILES string of the molecule is O=c1[nH]cnc2c1NC[N]2. The number of aromatic nitrogens is 2. The van der Waals surface area contributed by atoms with Crippen LogP contribution in [0.5, 0.6) is 0 Å². The van der Waals surface area contributed by atoms with Crippen molar-refractivity contribution in [2.24, 2.45) is 0 Å². The molecular formula is C5H5N4O. The quantitative estimate of drug-likeness (QED) is 0.501. The molecule has 0 aliphatic carbocycles. The van der Waals surface area contributed by atoms with Crippen molar-refractivity contribution in [2.75, 3.05) is 12.0 Å². The Hall–Kier alpha value is -1.52. The van der Waals surface area contributed by atoms with Gasteiger partial charge in [0.05, 0.1) is 6.33 Å². The highest BCUT2D eigenvalue weighted by Gasteiger charge is 2.14. The fourth-order valence-electron chi connectivity index (χ4n) is 0.863. The Morgan fingerprint density at radius 2 is 2.50 bits per heavy atom. The van der Waals surface area contributed by atoms with Crippen molar-refractivity contribution < 1.29 is 0 Å². The molecule has 0 fully saturated rings. The van der Waals surface area contributed by atoms with Crippen LogP contribution >= 0.6 is 0 Å². The van der Waals surface area contributed by atoms with Gasteiger partial charge in [0, 0.05) is 0 Å². The van der Waals surface area contributed by atoms with Crippen molar-refractivity contribution in [1.82, 2.24) is 15.3 Å². The van der Waals surface area contributed by atoms with Gasteiger partial charge in [0.25, 0.3) is 5.56 Å². The number of hydrogen-bond donors (Lipinski definition) is 2. The lowest BCUT2D eigenvalue weighted by Gasteiger charge is -1.90. The minimum Gasteiger partial charge on any atom is -0.359 e. The fraction of sp³-hybridized carbons (Fsp3) is 0.200. The molecule has 1 aromatic heterocycles. The van der Waals surface area contributed by atoms with E-state index in [4.69, 9.17) is 0 Å². The molecule has 0 aromatic carbocycles. The Morgan fingerprint density at radius 3 is 3.30 bits per heavy atom. The highest BCUT2D eigenvalue weighted by Crippen LogP contribution is 2.15. The number of rotatable bonds is 0. The highest BCUT2D eigenvalue weighted by molar-refractivity contribution is 5.61. The summed E-state index contributed by atoms with van der Waals surface area (Å²) < 4.78 is 0. The van der Waals surface area contributed by atoms with Crippen molar-refractivity contribution in [3.05, 3.63) is 16.7 Å². The molecule has 0 amide bonds. The number of nitrogens with zero attached hydrogens (tertiary/aromatic N) is 2. The van der Waals surface area contributed by atoms with Crippen LogP contribution in [0.3, 0.4) is 0 Å². The first-order valence-corrected chi connectivity index (χ1v) is 2.87. The van der Waals surface area contributed by atoms with Crippen molar-refractivity contribution in [3.63, 3.8) is 0 Å². The molecule has 2 heterocycles. The van der Waals surface area contributed by atoms with E-state index >= 15 is 0 Å². The van der Waals surface area contributed by atoms with Gasteiger partial charge in [-0.1, -0.05) is 0 Å². The molecule has 0 bridgehead atoms. The summed E-state index contributed by atoms with van der Waals surface area (Å²) in [4.78, 5) is 17.2. The second kappa shape index (κ2) is 1.73. The van der Waals surface area contributed by atoms with E-state index in [1.165, 1.54) is 6.33 Å². The van der Waals surface area contributed by atoms with Crippen molar-refractivity contribution in [1.29, 1.82) is 0 Å². The van der Waals surface area contributed by atoms with Gasteiger partial charge in [-0.3, -0.25) is 4.79 Å². The standard InChI is InChI=1S/C5H5N4O/c10-5-3-4(7-1-6-3)8-2-9-5/h2,6H,1H2,(H,8,9,10). The number of anilines is 1. The van der Waals surface area contributed by atoms with E-state index in [2.05, 4.69) is 20.6 Å². The average molecular weight is 137 g/mol. The molecule has 0 saturated carbocycles. The lowest BCUT2D eigenvalue weighted by Crippen LogP contribution is -2.09. The van der Waals surface area contributed by atoms with Crippen LogP contribution < -0.4 is 16.2 Å². The minimum absolute atomic E-state index is 0.161. The van der Waals surface area contributed by atoms with Crippen LogP contribution in [0.25, 0.3) is 0 Å². The van der Waals surface area contributed by atoms with E-state index < -0.39 is 0 Å². The van der Waals surface area contributed by atoms with Crippen LogP contribution in [0, 0.1) is 0 Å². The first-order valence-electron chi connectivity index (χ1n) is 2.87. The summed E-state index contributed by atoms with van der Waals surface area (Å²) in [5.74, 6) is 0.503. The summed E-state index contributed by atoms with van der Waals surface area (Å²) in [5, 5.41) is 6.71. The number of hydrogen-bond acceptors (Lipinski definition) is 3. The number of aromatic amines is 1. The Kier molecular flexibility index (Phi) is 0.913. The Balaban J connectivity index is 2.70. The van der Waals surface area contributed by atoms with Gasteiger partial charge in [-0.2, -0.15) is 0 Å². The predicted molar refractivity (Wildman–Crippen MR) is 35.1 cm³/mol. The zero-order chi connectivity index (χ0) is 6.97. The summed E-state index contributed by atoms with van der Waals surface area (Å²) in [6, 6.07) is 0. The lowest BCUT2D eigenvalue weighted by atomic mass is 10.5. The maximum atomic E-state index is 10.9. The van der Waals surface area contributed by atoms with E-state index in [0.29, 0.717) is 18.2 Å². The minimum atomic E-state index is -0.161.